The Morgan fingerprint density at radius 1 is 1.00 bits per heavy atom. The van der Waals surface area contributed by atoms with Gasteiger partial charge < -0.3 is 4.55 Å². The zero-order valence-electron chi connectivity index (χ0n) is 12.8. The summed E-state index contributed by atoms with van der Waals surface area (Å²) < 4.78 is 59.8. The maximum Gasteiger partial charge on any atom is 0.214 e. The van der Waals surface area contributed by atoms with Gasteiger partial charge in [-0.05, 0) is 38.5 Å². The van der Waals surface area contributed by atoms with Gasteiger partial charge >= 0.3 is 0 Å². The van der Waals surface area contributed by atoms with E-state index in [9.17, 15) is 21.4 Å². The first kappa shape index (κ1) is 18.5. The second-order valence-corrected chi connectivity index (χ2v) is 11.2. The number of hydrogen-bond donors (Lipinski definition) is 2. The van der Waals surface area contributed by atoms with Crippen LogP contribution in [0.2, 0.25) is 0 Å². The van der Waals surface area contributed by atoms with E-state index in [1.54, 1.807) is 6.26 Å². The quantitative estimate of drug-likeness (QED) is 0.706. The normalized spacial score (nSPS) is 36.6. The topological polar surface area (TPSA) is 101 Å². The van der Waals surface area contributed by atoms with Gasteiger partial charge in [0.2, 0.25) is 10.0 Å². The molecule has 2 saturated carbocycles. The van der Waals surface area contributed by atoms with Crippen LogP contribution < -0.4 is 4.72 Å². The average Bonchev–Trinajstić information content (AvgIpc) is 2.47. The Morgan fingerprint density at radius 2 is 1.64 bits per heavy atom. The van der Waals surface area contributed by atoms with Crippen LogP contribution in [0.4, 0.5) is 0 Å². The maximum atomic E-state index is 12.6. The molecule has 0 bridgehead atoms. The van der Waals surface area contributed by atoms with Crippen LogP contribution in [0, 0.1) is 0 Å². The predicted octanol–water partition coefficient (Wildman–Crippen LogP) is 1.13. The minimum absolute atomic E-state index is 0.0422. The summed E-state index contributed by atoms with van der Waals surface area (Å²) in [5, 5.41) is -0.877. The van der Waals surface area contributed by atoms with Gasteiger partial charge in [0.1, 0.15) is 0 Å². The molecule has 2 aliphatic carbocycles. The van der Waals surface area contributed by atoms with Crippen molar-refractivity contribution in [2.45, 2.75) is 73.2 Å². The SMILES string of the molecule is CS(=O)C1CCCC(S(=O)(=O)NC2CCCC(S(=O)O)C2)C1. The Balaban J connectivity index is 1.98. The number of nitrogens with one attached hydrogen (secondary N) is 1. The zero-order valence-corrected chi connectivity index (χ0v) is 15.2. The van der Waals surface area contributed by atoms with Crippen molar-refractivity contribution in [2.24, 2.45) is 0 Å². The summed E-state index contributed by atoms with van der Waals surface area (Å²) in [7, 11) is -4.46. The molecule has 2 fully saturated rings. The fraction of sp³-hybridized carbons (Fsp3) is 1.00. The van der Waals surface area contributed by atoms with E-state index in [1.807, 2.05) is 0 Å². The van der Waals surface area contributed by atoms with Gasteiger partial charge in [0, 0.05) is 28.3 Å². The van der Waals surface area contributed by atoms with Crippen LogP contribution in [0.5, 0.6) is 0 Å². The highest BCUT2D eigenvalue weighted by Gasteiger charge is 2.36. The summed E-state index contributed by atoms with van der Waals surface area (Å²) in [6, 6.07) is -0.257. The van der Waals surface area contributed by atoms with Gasteiger partial charge in [0.05, 0.1) is 10.5 Å². The molecule has 0 saturated heterocycles. The van der Waals surface area contributed by atoms with Crippen molar-refractivity contribution in [1.82, 2.24) is 4.72 Å². The first-order chi connectivity index (χ1) is 10.3. The second kappa shape index (κ2) is 7.83. The lowest BCUT2D eigenvalue weighted by Crippen LogP contribution is -2.46. The highest BCUT2D eigenvalue weighted by Crippen LogP contribution is 2.28. The third-order valence-electron chi connectivity index (χ3n) is 4.73. The molecule has 0 amide bonds. The molecule has 6 unspecified atom stereocenters. The molecule has 0 radical (unpaired) electrons. The van der Waals surface area contributed by atoms with Crippen LogP contribution in [0.15, 0.2) is 0 Å². The van der Waals surface area contributed by atoms with Crippen molar-refractivity contribution >= 4 is 31.9 Å². The number of hydrogen-bond acceptors (Lipinski definition) is 4. The summed E-state index contributed by atoms with van der Waals surface area (Å²) in [6.07, 6.45) is 6.84. The van der Waals surface area contributed by atoms with E-state index in [2.05, 4.69) is 4.72 Å². The largest absolute Gasteiger partial charge is 0.306 e. The third-order valence-corrected chi connectivity index (χ3v) is 9.06. The van der Waals surface area contributed by atoms with E-state index < -0.39 is 37.2 Å². The Hall–Kier alpha value is 0.170. The fourth-order valence-electron chi connectivity index (χ4n) is 3.45. The molecule has 0 aliphatic heterocycles. The molecule has 0 aromatic heterocycles. The fourth-order valence-corrected chi connectivity index (χ4v) is 7.17. The number of sulfonamides is 1. The Morgan fingerprint density at radius 3 is 2.27 bits per heavy atom. The molecule has 0 spiro atoms. The van der Waals surface area contributed by atoms with Gasteiger partial charge in [-0.3, -0.25) is 4.21 Å². The average molecular weight is 372 g/mol. The van der Waals surface area contributed by atoms with Crippen LogP contribution in [-0.2, 0) is 31.9 Å². The molecular formula is C13H25NO5S3. The molecular weight excluding hydrogens is 346 g/mol. The minimum Gasteiger partial charge on any atom is -0.306 e. The lowest BCUT2D eigenvalue weighted by Gasteiger charge is -2.32. The molecule has 0 heterocycles. The van der Waals surface area contributed by atoms with Crippen LogP contribution >= 0.6 is 0 Å². The molecule has 22 heavy (non-hydrogen) atoms. The lowest BCUT2D eigenvalue weighted by molar-refractivity contribution is 0.396. The predicted molar refractivity (Wildman–Crippen MR) is 89.0 cm³/mol. The first-order valence-corrected chi connectivity index (χ1v) is 12.1. The molecule has 2 N–H and O–H groups in total. The van der Waals surface area contributed by atoms with Crippen molar-refractivity contribution in [1.29, 1.82) is 0 Å². The maximum absolute atomic E-state index is 12.6. The standard InChI is InChI=1S/C13H25NO5S3/c1-20(15)11-5-3-7-13(9-11)22(18,19)14-10-4-2-6-12(8-10)21(16)17/h10-14H,2-9H2,1H3,(H,16,17). The van der Waals surface area contributed by atoms with Crippen LogP contribution in [0.3, 0.4) is 0 Å². The molecule has 6 nitrogen and oxygen atoms in total. The first-order valence-electron chi connectivity index (χ1n) is 7.72. The monoisotopic (exact) mass is 371 g/mol. The molecule has 130 valence electrons. The van der Waals surface area contributed by atoms with E-state index in [4.69, 9.17) is 0 Å². The van der Waals surface area contributed by atoms with Crippen molar-refractivity contribution in [2.75, 3.05) is 6.26 Å². The van der Waals surface area contributed by atoms with E-state index in [0.29, 0.717) is 32.1 Å². The summed E-state index contributed by atoms with van der Waals surface area (Å²) in [6.45, 7) is 0. The molecule has 9 heteroatoms. The van der Waals surface area contributed by atoms with Crippen molar-refractivity contribution < 1.29 is 21.4 Å². The van der Waals surface area contributed by atoms with Crippen molar-refractivity contribution in [3.05, 3.63) is 0 Å². The van der Waals surface area contributed by atoms with Gasteiger partial charge in [-0.15, -0.1) is 0 Å². The molecule has 0 aromatic rings. The van der Waals surface area contributed by atoms with Crippen LogP contribution in [0.25, 0.3) is 0 Å². The molecule has 6 atom stereocenters. The molecule has 0 aromatic carbocycles. The Bertz CT molecular complexity index is 536. The summed E-state index contributed by atoms with van der Waals surface area (Å²) >= 11 is -1.89. The van der Waals surface area contributed by atoms with E-state index in [-0.39, 0.29) is 16.5 Å². The third kappa shape index (κ3) is 4.83. The van der Waals surface area contributed by atoms with Crippen molar-refractivity contribution in [3.8, 4) is 0 Å². The Kier molecular flexibility index (Phi) is 6.59. The van der Waals surface area contributed by atoms with E-state index in [0.717, 1.165) is 19.3 Å². The Labute approximate surface area is 137 Å². The number of rotatable bonds is 5. The van der Waals surface area contributed by atoms with Gasteiger partial charge in [-0.2, -0.15) is 0 Å². The smallest absolute Gasteiger partial charge is 0.214 e. The van der Waals surface area contributed by atoms with E-state index >= 15 is 0 Å². The highest BCUT2D eigenvalue weighted by atomic mass is 32.2. The second-order valence-electron chi connectivity index (χ2n) is 6.33. The molecule has 2 rings (SSSR count). The van der Waals surface area contributed by atoms with Crippen LogP contribution in [0.1, 0.15) is 51.4 Å². The van der Waals surface area contributed by atoms with Crippen LogP contribution in [-0.4, -0.2) is 49.4 Å². The van der Waals surface area contributed by atoms with Gasteiger partial charge in [0.25, 0.3) is 0 Å². The lowest BCUT2D eigenvalue weighted by atomic mass is 9.96. The zero-order chi connectivity index (χ0) is 16.3. The minimum atomic E-state index is -3.46. The van der Waals surface area contributed by atoms with Gasteiger partial charge in [-0.1, -0.05) is 12.8 Å². The summed E-state index contributed by atoms with van der Waals surface area (Å²) in [4.78, 5) is 0. The summed E-state index contributed by atoms with van der Waals surface area (Å²) in [5.74, 6) is 0. The summed E-state index contributed by atoms with van der Waals surface area (Å²) in [5.41, 5.74) is 0. The van der Waals surface area contributed by atoms with Gasteiger partial charge in [0.15, 0.2) is 11.1 Å². The van der Waals surface area contributed by atoms with E-state index in [1.165, 1.54) is 0 Å². The highest BCUT2D eigenvalue weighted by molar-refractivity contribution is 7.90. The molecule has 2 aliphatic rings. The van der Waals surface area contributed by atoms with Crippen molar-refractivity contribution in [3.63, 3.8) is 0 Å². The van der Waals surface area contributed by atoms with Gasteiger partial charge in [-0.25, -0.2) is 17.3 Å².